The Hall–Kier alpha value is -2.72. The van der Waals surface area contributed by atoms with E-state index in [1.165, 1.54) is 27.6 Å². The first kappa shape index (κ1) is 14.6. The molecule has 0 fully saturated rings. The van der Waals surface area contributed by atoms with Gasteiger partial charge in [-0.1, -0.05) is 44.2 Å². The van der Waals surface area contributed by atoms with Crippen LogP contribution in [0.5, 0.6) is 5.75 Å². The third-order valence-electron chi connectivity index (χ3n) is 5.34. The summed E-state index contributed by atoms with van der Waals surface area (Å²) in [5.41, 5.74) is 6.59. The second kappa shape index (κ2) is 4.90. The average molecular weight is 327 g/mol. The smallest absolute Gasteiger partial charge is 0.537 e. The van der Waals surface area contributed by atoms with Gasteiger partial charge in [0.2, 0.25) is 0 Å². The van der Waals surface area contributed by atoms with Crippen LogP contribution in [0.2, 0.25) is 0 Å². The zero-order valence-electron chi connectivity index (χ0n) is 14.0. The maximum atomic E-state index is 8.94. The number of fused-ring (bicyclic) bond motifs is 7. The highest BCUT2D eigenvalue weighted by Crippen LogP contribution is 2.53. The Morgan fingerprint density at radius 2 is 1.80 bits per heavy atom. The van der Waals surface area contributed by atoms with Gasteiger partial charge in [-0.2, -0.15) is 0 Å². The van der Waals surface area contributed by atoms with Crippen LogP contribution in [0.3, 0.4) is 0 Å². The lowest BCUT2D eigenvalue weighted by Gasteiger charge is -2.21. The predicted molar refractivity (Wildman–Crippen MR) is 99.9 cm³/mol. The van der Waals surface area contributed by atoms with Crippen LogP contribution in [0, 0.1) is 0 Å². The molecular formula is C21H16BO3. The zero-order chi connectivity index (χ0) is 17.2. The number of hydrogen-bond acceptors (Lipinski definition) is 3. The molecule has 0 amide bonds. The van der Waals surface area contributed by atoms with E-state index in [9.17, 15) is 0 Å². The van der Waals surface area contributed by atoms with Gasteiger partial charge in [-0.25, -0.2) is 0 Å². The summed E-state index contributed by atoms with van der Waals surface area (Å²) in [4.78, 5) is 0. The van der Waals surface area contributed by atoms with Gasteiger partial charge >= 0.3 is 7.69 Å². The molecule has 0 unspecified atom stereocenters. The van der Waals surface area contributed by atoms with Crippen LogP contribution in [0.25, 0.3) is 33.1 Å². The molecule has 0 atom stereocenters. The molecule has 121 valence electrons. The van der Waals surface area contributed by atoms with E-state index in [0.717, 1.165) is 24.2 Å². The SMILES string of the molecule is CC1(C)c2cc(O[B]O)ccc2-c2c1ccc1oc3ccccc3c21. The minimum absolute atomic E-state index is 0.147. The van der Waals surface area contributed by atoms with E-state index in [4.69, 9.17) is 14.1 Å². The fourth-order valence-corrected chi connectivity index (χ4v) is 4.15. The number of benzene rings is 3. The Morgan fingerprint density at radius 3 is 2.64 bits per heavy atom. The summed E-state index contributed by atoms with van der Waals surface area (Å²) in [7, 11) is 0.721. The molecule has 1 aromatic heterocycles. The van der Waals surface area contributed by atoms with E-state index in [1.807, 2.05) is 30.3 Å². The third kappa shape index (κ3) is 1.86. The van der Waals surface area contributed by atoms with Crippen LogP contribution in [0.4, 0.5) is 0 Å². The van der Waals surface area contributed by atoms with Gasteiger partial charge in [0.05, 0.1) is 0 Å². The molecular weight excluding hydrogens is 311 g/mol. The minimum Gasteiger partial charge on any atom is -0.537 e. The summed E-state index contributed by atoms with van der Waals surface area (Å²) in [6, 6.07) is 18.4. The summed E-state index contributed by atoms with van der Waals surface area (Å²) in [5, 5.41) is 11.3. The van der Waals surface area contributed by atoms with Crippen molar-refractivity contribution in [2.24, 2.45) is 0 Å². The Bertz CT molecular complexity index is 1140. The summed E-state index contributed by atoms with van der Waals surface area (Å²) >= 11 is 0. The molecule has 1 heterocycles. The van der Waals surface area contributed by atoms with Crippen molar-refractivity contribution in [2.45, 2.75) is 19.3 Å². The first-order chi connectivity index (χ1) is 12.1. The van der Waals surface area contributed by atoms with Gasteiger partial charge in [-0.3, -0.25) is 0 Å². The quantitative estimate of drug-likeness (QED) is 0.538. The van der Waals surface area contributed by atoms with E-state index in [2.05, 4.69) is 38.1 Å². The van der Waals surface area contributed by atoms with Crippen LogP contribution < -0.4 is 4.65 Å². The molecule has 1 aliphatic carbocycles. The Kier molecular flexibility index (Phi) is 2.86. The number of para-hydroxylation sites is 1. The van der Waals surface area contributed by atoms with Gasteiger partial charge in [0.15, 0.2) is 0 Å². The van der Waals surface area contributed by atoms with Crippen LogP contribution in [-0.2, 0) is 5.41 Å². The maximum absolute atomic E-state index is 8.94. The van der Waals surface area contributed by atoms with Gasteiger partial charge < -0.3 is 14.1 Å². The fraction of sp³-hybridized carbons (Fsp3) is 0.143. The fourth-order valence-electron chi connectivity index (χ4n) is 4.15. The lowest BCUT2D eigenvalue weighted by Crippen LogP contribution is -2.15. The molecule has 1 aliphatic rings. The van der Waals surface area contributed by atoms with E-state index in [1.54, 1.807) is 0 Å². The standard InChI is InChI=1S/C21H16BO3/c1-21(2)15-9-10-18-20(14-5-3-4-6-17(14)24-18)19(15)13-8-7-12(25-22-23)11-16(13)21/h3-11,23H,1-2H3. The van der Waals surface area contributed by atoms with E-state index in [-0.39, 0.29) is 5.41 Å². The zero-order valence-corrected chi connectivity index (χ0v) is 14.0. The minimum atomic E-state index is -0.147. The lowest BCUT2D eigenvalue weighted by atomic mass is 9.82. The monoisotopic (exact) mass is 327 g/mol. The molecule has 4 heteroatoms. The number of furan rings is 1. The third-order valence-corrected chi connectivity index (χ3v) is 5.34. The number of rotatable bonds is 2. The molecule has 0 aliphatic heterocycles. The maximum Gasteiger partial charge on any atom is 0.569 e. The Morgan fingerprint density at radius 1 is 0.960 bits per heavy atom. The van der Waals surface area contributed by atoms with Crippen LogP contribution in [0.1, 0.15) is 25.0 Å². The van der Waals surface area contributed by atoms with E-state index < -0.39 is 0 Å². The van der Waals surface area contributed by atoms with E-state index >= 15 is 0 Å². The second-order valence-electron chi connectivity index (χ2n) is 7.02. The summed E-state index contributed by atoms with van der Waals surface area (Å²) in [5.74, 6) is 0.635. The molecule has 25 heavy (non-hydrogen) atoms. The van der Waals surface area contributed by atoms with Crippen LogP contribution in [-0.4, -0.2) is 12.7 Å². The highest BCUT2D eigenvalue weighted by Gasteiger charge is 2.37. The predicted octanol–water partition coefficient (Wildman–Crippen LogP) is 4.80. The van der Waals surface area contributed by atoms with Crippen molar-refractivity contribution in [3.05, 3.63) is 65.7 Å². The molecule has 1 radical (unpaired) electrons. The topological polar surface area (TPSA) is 42.6 Å². The van der Waals surface area contributed by atoms with Crippen molar-refractivity contribution < 1.29 is 14.1 Å². The van der Waals surface area contributed by atoms with Crippen molar-refractivity contribution >= 4 is 29.6 Å². The van der Waals surface area contributed by atoms with Gasteiger partial charge in [-0.05, 0) is 46.5 Å². The van der Waals surface area contributed by atoms with Crippen molar-refractivity contribution in [2.75, 3.05) is 0 Å². The van der Waals surface area contributed by atoms with Crippen molar-refractivity contribution in [3.63, 3.8) is 0 Å². The summed E-state index contributed by atoms with van der Waals surface area (Å²) in [6.07, 6.45) is 0. The van der Waals surface area contributed by atoms with Gasteiger partial charge in [0, 0.05) is 16.2 Å². The van der Waals surface area contributed by atoms with Crippen LogP contribution in [0.15, 0.2) is 59.0 Å². The average Bonchev–Trinajstić information content (AvgIpc) is 3.09. The van der Waals surface area contributed by atoms with Gasteiger partial charge in [0.1, 0.15) is 16.9 Å². The number of hydrogen-bond donors (Lipinski definition) is 1. The first-order valence-corrected chi connectivity index (χ1v) is 8.33. The highest BCUT2D eigenvalue weighted by atomic mass is 16.5. The van der Waals surface area contributed by atoms with Gasteiger partial charge in [-0.15, -0.1) is 0 Å². The second-order valence-corrected chi connectivity index (χ2v) is 7.02. The Labute approximate surface area is 146 Å². The van der Waals surface area contributed by atoms with E-state index in [0.29, 0.717) is 5.75 Å². The summed E-state index contributed by atoms with van der Waals surface area (Å²) in [6.45, 7) is 4.44. The normalized spacial score (nSPS) is 14.5. The van der Waals surface area contributed by atoms with Crippen molar-refractivity contribution in [1.29, 1.82) is 0 Å². The first-order valence-electron chi connectivity index (χ1n) is 8.33. The molecule has 1 N–H and O–H groups in total. The highest BCUT2D eigenvalue weighted by molar-refractivity contribution is 6.17. The molecule has 3 aromatic carbocycles. The van der Waals surface area contributed by atoms with Gasteiger partial charge in [0.25, 0.3) is 0 Å². The van der Waals surface area contributed by atoms with Crippen molar-refractivity contribution in [3.8, 4) is 16.9 Å². The van der Waals surface area contributed by atoms with Crippen LogP contribution >= 0.6 is 0 Å². The lowest BCUT2D eigenvalue weighted by molar-refractivity contribution is 0.453. The molecule has 5 rings (SSSR count). The molecule has 0 spiro atoms. The summed E-state index contributed by atoms with van der Waals surface area (Å²) < 4.78 is 11.2. The molecule has 3 nitrogen and oxygen atoms in total. The molecule has 0 bridgehead atoms. The molecule has 0 saturated carbocycles. The Balaban J connectivity index is 1.91. The molecule has 0 saturated heterocycles. The molecule has 4 aromatic rings. The largest absolute Gasteiger partial charge is 0.569 e. The van der Waals surface area contributed by atoms with Crippen molar-refractivity contribution in [1.82, 2.24) is 0 Å².